The molecule has 0 spiro atoms. The zero-order chi connectivity index (χ0) is 17.4. The third-order valence-electron chi connectivity index (χ3n) is 3.25. The predicted molar refractivity (Wildman–Crippen MR) is 81.8 cm³/mol. The van der Waals surface area contributed by atoms with Gasteiger partial charge in [0.15, 0.2) is 0 Å². The number of ether oxygens (including phenoxy) is 1. The smallest absolute Gasteiger partial charge is 0.328 e. The van der Waals surface area contributed by atoms with Crippen LogP contribution in [-0.4, -0.2) is 59.6 Å². The normalized spacial score (nSPS) is 14.7. The number of aliphatic hydroxyl groups excluding tert-OH is 1. The van der Waals surface area contributed by atoms with Gasteiger partial charge < -0.3 is 20.1 Å². The Hall–Kier alpha value is -1.89. The van der Waals surface area contributed by atoms with Crippen molar-refractivity contribution in [2.75, 3.05) is 13.7 Å². The van der Waals surface area contributed by atoms with Gasteiger partial charge in [0.1, 0.15) is 24.8 Å². The quantitative estimate of drug-likeness (QED) is 0.489. The van der Waals surface area contributed by atoms with Crippen LogP contribution in [0.4, 0.5) is 0 Å². The molecule has 0 aromatic rings. The van der Waals surface area contributed by atoms with Crippen molar-refractivity contribution in [1.82, 2.24) is 10.2 Å². The van der Waals surface area contributed by atoms with Crippen LogP contribution in [-0.2, 0) is 19.1 Å². The second-order valence-corrected chi connectivity index (χ2v) is 5.46. The average Bonchev–Trinajstić information content (AvgIpc) is 2.48. The van der Waals surface area contributed by atoms with E-state index in [0.29, 0.717) is 0 Å². The van der Waals surface area contributed by atoms with E-state index < -0.39 is 36.0 Å². The molecule has 2 amide bonds. The number of carbonyl (C=O) groups excluding carboxylic acids is 3. The number of rotatable bonds is 8. The Morgan fingerprint density at radius 1 is 1.27 bits per heavy atom. The van der Waals surface area contributed by atoms with E-state index in [1.54, 1.807) is 13.8 Å². The molecule has 0 fully saturated rings. The maximum Gasteiger partial charge on any atom is 0.328 e. The fourth-order valence-electron chi connectivity index (χ4n) is 1.52. The maximum atomic E-state index is 12.1. The molecule has 0 heterocycles. The van der Waals surface area contributed by atoms with Crippen molar-refractivity contribution in [3.8, 4) is 0 Å². The van der Waals surface area contributed by atoms with Gasteiger partial charge in [-0.3, -0.25) is 9.59 Å². The second-order valence-electron chi connectivity index (χ2n) is 5.46. The first-order valence-corrected chi connectivity index (χ1v) is 7.16. The summed E-state index contributed by atoms with van der Waals surface area (Å²) < 4.78 is 4.82. The van der Waals surface area contributed by atoms with Crippen LogP contribution in [0.2, 0.25) is 0 Å². The van der Waals surface area contributed by atoms with Crippen LogP contribution in [0.15, 0.2) is 12.7 Å². The highest BCUT2D eigenvalue weighted by molar-refractivity contribution is 5.91. The number of hydrogen-bond donors (Lipinski definition) is 2. The highest BCUT2D eigenvalue weighted by Gasteiger charge is 2.30. The number of amides is 2. The Morgan fingerprint density at radius 2 is 1.82 bits per heavy atom. The van der Waals surface area contributed by atoms with Crippen LogP contribution in [0, 0.1) is 5.92 Å². The molecule has 0 aliphatic rings. The molecule has 0 aliphatic carbocycles. The number of esters is 1. The molecule has 0 bridgehead atoms. The molecule has 0 aromatic carbocycles. The lowest BCUT2D eigenvalue weighted by atomic mass is 10.1. The highest BCUT2D eigenvalue weighted by Crippen LogP contribution is 2.07. The first kappa shape index (κ1) is 20.1. The summed E-state index contributed by atoms with van der Waals surface area (Å²) in [5.41, 5.74) is 0. The summed E-state index contributed by atoms with van der Waals surface area (Å²) in [7, 11) is 1.43. The van der Waals surface area contributed by atoms with Gasteiger partial charge in [0.25, 0.3) is 5.91 Å². The third-order valence-corrected chi connectivity index (χ3v) is 3.25. The summed E-state index contributed by atoms with van der Waals surface area (Å²) in [4.78, 5) is 36.8. The molecular weight excluding hydrogens is 288 g/mol. The van der Waals surface area contributed by atoms with Crippen LogP contribution in [0.5, 0.6) is 0 Å². The zero-order valence-electron chi connectivity index (χ0n) is 13.8. The van der Waals surface area contributed by atoms with Crippen molar-refractivity contribution < 1.29 is 24.2 Å². The lowest BCUT2D eigenvalue weighted by molar-refractivity contribution is -0.149. The first-order valence-electron chi connectivity index (χ1n) is 7.16. The topological polar surface area (TPSA) is 95.9 Å². The van der Waals surface area contributed by atoms with E-state index in [-0.39, 0.29) is 12.5 Å². The fourth-order valence-corrected chi connectivity index (χ4v) is 1.52. The molecule has 0 saturated heterocycles. The molecular formula is C15H26N2O5. The average molecular weight is 314 g/mol. The van der Waals surface area contributed by atoms with E-state index in [4.69, 9.17) is 4.74 Å². The SMILES string of the molecule is C=CCOC(=O)[C@H](C)NC(=O)[C@H](C)N(C)C(=O)[C@@H](O)C(C)C. The molecule has 0 aliphatic heterocycles. The monoisotopic (exact) mass is 314 g/mol. The van der Waals surface area contributed by atoms with Gasteiger partial charge >= 0.3 is 5.97 Å². The minimum absolute atomic E-state index is 0.0631. The maximum absolute atomic E-state index is 12.1. The van der Waals surface area contributed by atoms with Gasteiger partial charge in [0.2, 0.25) is 5.91 Å². The number of aliphatic hydroxyl groups is 1. The third kappa shape index (κ3) is 5.85. The standard InChI is InChI=1S/C15H26N2O5/c1-7-8-22-15(21)10(4)16-13(19)11(5)17(6)14(20)12(18)9(2)3/h7,9-12,18H,1,8H2,2-6H3,(H,16,19)/t10-,11-,12-/m0/s1. The van der Waals surface area contributed by atoms with Gasteiger partial charge in [-0.1, -0.05) is 26.5 Å². The molecule has 0 radical (unpaired) electrons. The van der Waals surface area contributed by atoms with Crippen molar-refractivity contribution in [1.29, 1.82) is 0 Å². The van der Waals surface area contributed by atoms with E-state index in [0.717, 1.165) is 4.90 Å². The summed E-state index contributed by atoms with van der Waals surface area (Å²) in [6.07, 6.45) is 0.254. The van der Waals surface area contributed by atoms with Crippen LogP contribution in [0.3, 0.4) is 0 Å². The van der Waals surface area contributed by atoms with E-state index in [2.05, 4.69) is 11.9 Å². The molecule has 7 nitrogen and oxygen atoms in total. The van der Waals surface area contributed by atoms with Gasteiger partial charge in [0.05, 0.1) is 0 Å². The van der Waals surface area contributed by atoms with Gasteiger partial charge in [-0.15, -0.1) is 0 Å². The van der Waals surface area contributed by atoms with Gasteiger partial charge in [-0.2, -0.15) is 0 Å². The van der Waals surface area contributed by atoms with E-state index in [9.17, 15) is 19.5 Å². The Balaban J connectivity index is 4.62. The van der Waals surface area contributed by atoms with Gasteiger partial charge in [-0.25, -0.2) is 4.79 Å². The summed E-state index contributed by atoms with van der Waals surface area (Å²) in [6.45, 7) is 9.90. The Bertz CT molecular complexity index is 422. The number of hydrogen-bond acceptors (Lipinski definition) is 5. The van der Waals surface area contributed by atoms with Gasteiger partial charge in [-0.05, 0) is 19.8 Å². The van der Waals surface area contributed by atoms with Crippen molar-refractivity contribution in [2.24, 2.45) is 5.92 Å². The van der Waals surface area contributed by atoms with E-state index in [1.165, 1.54) is 27.0 Å². The minimum atomic E-state index is -1.17. The van der Waals surface area contributed by atoms with Crippen molar-refractivity contribution >= 4 is 17.8 Å². The molecule has 0 saturated carbocycles. The molecule has 0 aromatic heterocycles. The number of carbonyl (C=O) groups is 3. The molecule has 0 rings (SSSR count). The lowest BCUT2D eigenvalue weighted by Crippen LogP contribution is -2.52. The van der Waals surface area contributed by atoms with Crippen LogP contribution >= 0.6 is 0 Å². The van der Waals surface area contributed by atoms with Gasteiger partial charge in [0, 0.05) is 7.05 Å². The summed E-state index contributed by atoms with van der Waals surface area (Å²) in [5.74, 6) is -1.89. The number of nitrogens with one attached hydrogen (secondary N) is 1. The molecule has 22 heavy (non-hydrogen) atoms. The Labute approximate surface area is 131 Å². The largest absolute Gasteiger partial charge is 0.460 e. The van der Waals surface area contributed by atoms with Crippen LogP contribution in [0.1, 0.15) is 27.7 Å². The predicted octanol–water partition coefficient (Wildman–Crippen LogP) is 0.0841. The van der Waals surface area contributed by atoms with Crippen LogP contribution < -0.4 is 5.32 Å². The van der Waals surface area contributed by atoms with Crippen molar-refractivity contribution in [3.05, 3.63) is 12.7 Å². The lowest BCUT2D eigenvalue weighted by Gasteiger charge is -2.28. The second kappa shape index (κ2) is 9.19. The van der Waals surface area contributed by atoms with E-state index >= 15 is 0 Å². The summed E-state index contributed by atoms with van der Waals surface area (Å²) >= 11 is 0. The first-order chi connectivity index (χ1) is 10.1. The van der Waals surface area contributed by atoms with Crippen LogP contribution in [0.25, 0.3) is 0 Å². The van der Waals surface area contributed by atoms with E-state index in [1.807, 2.05) is 0 Å². The highest BCUT2D eigenvalue weighted by atomic mass is 16.5. The summed E-state index contributed by atoms with van der Waals surface area (Å²) in [6, 6.07) is -1.66. The molecule has 3 atom stereocenters. The fraction of sp³-hybridized carbons (Fsp3) is 0.667. The number of likely N-dealkylation sites (N-methyl/N-ethyl adjacent to an activating group) is 1. The van der Waals surface area contributed by atoms with Crippen molar-refractivity contribution in [2.45, 2.75) is 45.9 Å². The zero-order valence-corrected chi connectivity index (χ0v) is 13.8. The molecule has 7 heteroatoms. The Morgan fingerprint density at radius 3 is 2.27 bits per heavy atom. The van der Waals surface area contributed by atoms with Crippen molar-refractivity contribution in [3.63, 3.8) is 0 Å². The molecule has 2 N–H and O–H groups in total. The molecule has 0 unspecified atom stereocenters. The molecule has 126 valence electrons. The summed E-state index contributed by atoms with van der Waals surface area (Å²) in [5, 5.41) is 12.2. The number of nitrogens with zero attached hydrogens (tertiary/aromatic N) is 1. The minimum Gasteiger partial charge on any atom is -0.460 e. The Kier molecular flexibility index (Phi) is 8.40.